The van der Waals surface area contributed by atoms with Crippen molar-refractivity contribution in [3.8, 4) is 0 Å². The zero-order valence-electron chi connectivity index (χ0n) is 10.9. The van der Waals surface area contributed by atoms with Gasteiger partial charge in [-0.05, 0) is 20.3 Å². The molecule has 6 nitrogen and oxygen atoms in total. The summed E-state index contributed by atoms with van der Waals surface area (Å²) in [5, 5.41) is 13.5. The van der Waals surface area contributed by atoms with Crippen molar-refractivity contribution in [1.29, 1.82) is 0 Å². The molecule has 0 amide bonds. The quantitative estimate of drug-likeness (QED) is 0.773. The minimum atomic E-state index is -3.51. The van der Waals surface area contributed by atoms with E-state index in [2.05, 4.69) is 9.88 Å². The molecule has 0 bridgehead atoms. The highest BCUT2D eigenvalue weighted by Crippen LogP contribution is 2.11. The molecular formula is C11H20N2O4S. The highest BCUT2D eigenvalue weighted by molar-refractivity contribution is 7.88. The van der Waals surface area contributed by atoms with E-state index in [1.807, 2.05) is 6.92 Å². The molecule has 1 rings (SSSR count). The summed E-state index contributed by atoms with van der Waals surface area (Å²) < 4.78 is 30.7. The molecular weight excluding hydrogens is 256 g/mol. The molecule has 0 aliphatic carbocycles. The maximum Gasteiger partial charge on any atom is 0.217 e. The fraction of sp³-hybridized carbons (Fsp3) is 0.727. The van der Waals surface area contributed by atoms with Gasteiger partial charge in [-0.1, -0.05) is 18.5 Å². The van der Waals surface area contributed by atoms with Crippen molar-refractivity contribution in [1.82, 2.24) is 9.88 Å². The Labute approximate surface area is 107 Å². The first-order valence-corrected chi connectivity index (χ1v) is 7.51. The number of nitrogens with zero attached hydrogens (tertiary/aromatic N) is 1. The molecule has 1 unspecified atom stereocenters. The Morgan fingerprint density at radius 3 is 2.72 bits per heavy atom. The molecule has 0 saturated carbocycles. The average Bonchev–Trinajstić information content (AvgIpc) is 2.61. The van der Waals surface area contributed by atoms with Crippen LogP contribution < -0.4 is 4.72 Å². The normalized spacial score (nSPS) is 15.6. The first kappa shape index (κ1) is 15.1. The average molecular weight is 276 g/mol. The molecule has 0 radical (unpaired) electrons. The lowest BCUT2D eigenvalue weighted by Gasteiger charge is -2.22. The number of rotatable bonds is 7. The predicted octanol–water partition coefficient (Wildman–Crippen LogP) is 0.954. The summed E-state index contributed by atoms with van der Waals surface area (Å²) in [6.45, 7) is 5.24. The van der Waals surface area contributed by atoms with E-state index in [0.717, 1.165) is 6.42 Å². The molecule has 0 aliphatic rings. The van der Waals surface area contributed by atoms with Gasteiger partial charge >= 0.3 is 0 Å². The van der Waals surface area contributed by atoms with Crippen LogP contribution in [-0.4, -0.2) is 30.8 Å². The van der Waals surface area contributed by atoms with Crippen LogP contribution in [0.2, 0.25) is 0 Å². The van der Waals surface area contributed by atoms with Crippen LogP contribution in [0, 0.1) is 6.92 Å². The number of hydrogen-bond acceptors (Lipinski definition) is 5. The first-order valence-electron chi connectivity index (χ1n) is 5.86. The van der Waals surface area contributed by atoms with E-state index >= 15 is 0 Å². The summed E-state index contributed by atoms with van der Waals surface area (Å²) in [5.74, 6) is 0.324. The molecule has 1 aromatic rings. The highest BCUT2D eigenvalue weighted by Gasteiger charge is 2.23. The molecule has 0 aliphatic heterocycles. The van der Waals surface area contributed by atoms with Gasteiger partial charge in [0, 0.05) is 12.6 Å². The lowest BCUT2D eigenvalue weighted by atomic mass is 10.0. The maximum atomic E-state index is 11.8. The molecule has 1 heterocycles. The van der Waals surface area contributed by atoms with Crippen LogP contribution in [0.3, 0.4) is 0 Å². The monoisotopic (exact) mass is 276 g/mol. The third-order valence-electron chi connectivity index (χ3n) is 2.48. The van der Waals surface area contributed by atoms with Crippen molar-refractivity contribution in [2.24, 2.45) is 0 Å². The summed E-state index contributed by atoms with van der Waals surface area (Å²) in [7, 11) is -3.51. The van der Waals surface area contributed by atoms with Crippen LogP contribution in [-0.2, 0) is 15.8 Å². The van der Waals surface area contributed by atoms with Gasteiger partial charge in [-0.2, -0.15) is 0 Å². The molecule has 0 spiro atoms. The fourth-order valence-electron chi connectivity index (χ4n) is 1.62. The molecule has 18 heavy (non-hydrogen) atoms. The number of aromatic nitrogens is 1. The zero-order chi connectivity index (χ0) is 13.8. The molecule has 0 aromatic carbocycles. The topological polar surface area (TPSA) is 92.4 Å². The first-order chi connectivity index (χ1) is 8.24. The third-order valence-corrected chi connectivity index (χ3v) is 3.74. The second-order valence-corrected chi connectivity index (χ2v) is 6.56. The van der Waals surface area contributed by atoms with Gasteiger partial charge in [-0.3, -0.25) is 0 Å². The SMILES string of the molecule is CCCC(C)(O)CNS(=O)(=O)Cc1cc(C)on1. The van der Waals surface area contributed by atoms with Crippen molar-refractivity contribution in [3.63, 3.8) is 0 Å². The highest BCUT2D eigenvalue weighted by atomic mass is 32.2. The van der Waals surface area contributed by atoms with Crippen molar-refractivity contribution < 1.29 is 18.0 Å². The van der Waals surface area contributed by atoms with Crippen molar-refractivity contribution in [3.05, 3.63) is 17.5 Å². The van der Waals surface area contributed by atoms with Gasteiger partial charge in [0.05, 0.1) is 5.60 Å². The van der Waals surface area contributed by atoms with Gasteiger partial charge in [0.15, 0.2) is 0 Å². The van der Waals surface area contributed by atoms with Gasteiger partial charge in [0.2, 0.25) is 10.0 Å². The Hall–Kier alpha value is -0.920. The lowest BCUT2D eigenvalue weighted by molar-refractivity contribution is 0.0554. The second-order valence-electron chi connectivity index (χ2n) is 4.76. The smallest absolute Gasteiger partial charge is 0.217 e. The van der Waals surface area contributed by atoms with Gasteiger partial charge in [0.1, 0.15) is 17.2 Å². The van der Waals surface area contributed by atoms with E-state index in [1.165, 1.54) is 0 Å². The lowest BCUT2D eigenvalue weighted by Crippen LogP contribution is -2.40. The van der Waals surface area contributed by atoms with Crippen LogP contribution >= 0.6 is 0 Å². The second kappa shape index (κ2) is 5.81. The third kappa shape index (κ3) is 5.16. The van der Waals surface area contributed by atoms with Gasteiger partial charge in [-0.25, -0.2) is 13.1 Å². The standard InChI is InChI=1S/C11H20N2O4S/c1-4-5-11(3,14)8-12-18(15,16)7-10-6-9(2)17-13-10/h6,12,14H,4-5,7-8H2,1-3H3. The molecule has 1 aromatic heterocycles. The van der Waals surface area contributed by atoms with Crippen molar-refractivity contribution in [2.75, 3.05) is 6.54 Å². The van der Waals surface area contributed by atoms with Gasteiger partial charge in [0.25, 0.3) is 0 Å². The van der Waals surface area contributed by atoms with Crippen LogP contribution in [0.25, 0.3) is 0 Å². The van der Waals surface area contributed by atoms with Crippen LogP contribution in [0.5, 0.6) is 0 Å². The van der Waals surface area contributed by atoms with Crippen molar-refractivity contribution in [2.45, 2.75) is 45.0 Å². The largest absolute Gasteiger partial charge is 0.389 e. The Morgan fingerprint density at radius 2 is 2.22 bits per heavy atom. The van der Waals surface area contributed by atoms with E-state index in [4.69, 9.17) is 4.52 Å². The number of sulfonamides is 1. The Balaban J connectivity index is 2.55. The number of hydrogen-bond donors (Lipinski definition) is 2. The van der Waals surface area contributed by atoms with E-state index in [9.17, 15) is 13.5 Å². The summed E-state index contributed by atoms with van der Waals surface area (Å²) in [5.41, 5.74) is -0.670. The summed E-state index contributed by atoms with van der Waals surface area (Å²) >= 11 is 0. The number of aryl methyl sites for hydroxylation is 1. The van der Waals surface area contributed by atoms with E-state index in [0.29, 0.717) is 17.9 Å². The Morgan fingerprint density at radius 1 is 1.56 bits per heavy atom. The fourth-order valence-corrected chi connectivity index (χ4v) is 2.78. The molecule has 1 atom stereocenters. The van der Waals surface area contributed by atoms with Gasteiger partial charge in [-0.15, -0.1) is 0 Å². The van der Waals surface area contributed by atoms with Crippen molar-refractivity contribution >= 4 is 10.0 Å². The summed E-state index contributed by atoms with van der Waals surface area (Å²) in [6.07, 6.45) is 1.33. The minimum absolute atomic E-state index is 0.00000685. The maximum absolute atomic E-state index is 11.8. The molecule has 104 valence electrons. The van der Waals surface area contributed by atoms with Crippen LogP contribution in [0.4, 0.5) is 0 Å². The zero-order valence-corrected chi connectivity index (χ0v) is 11.7. The Bertz CT molecular complexity index is 479. The molecule has 2 N–H and O–H groups in total. The predicted molar refractivity (Wildman–Crippen MR) is 67.4 cm³/mol. The van der Waals surface area contributed by atoms with E-state index in [-0.39, 0.29) is 12.3 Å². The van der Waals surface area contributed by atoms with Crippen LogP contribution in [0.15, 0.2) is 10.6 Å². The summed E-state index contributed by atoms with van der Waals surface area (Å²) in [4.78, 5) is 0. The number of aliphatic hydroxyl groups is 1. The summed E-state index contributed by atoms with van der Waals surface area (Å²) in [6, 6.07) is 1.57. The van der Waals surface area contributed by atoms with E-state index in [1.54, 1.807) is 19.9 Å². The minimum Gasteiger partial charge on any atom is -0.389 e. The molecule has 7 heteroatoms. The van der Waals surface area contributed by atoms with E-state index < -0.39 is 15.6 Å². The van der Waals surface area contributed by atoms with Crippen LogP contribution in [0.1, 0.15) is 38.1 Å². The number of nitrogens with one attached hydrogen (secondary N) is 1. The molecule has 0 saturated heterocycles. The molecule has 0 fully saturated rings. The van der Waals surface area contributed by atoms with Gasteiger partial charge < -0.3 is 9.63 Å². The Kier molecular flexibility index (Phi) is 4.89.